The lowest BCUT2D eigenvalue weighted by Crippen LogP contribution is -2.42. The van der Waals surface area contributed by atoms with Crippen molar-refractivity contribution < 1.29 is 9.53 Å². The highest BCUT2D eigenvalue weighted by molar-refractivity contribution is 5.85. The molecule has 1 aliphatic carbocycles. The van der Waals surface area contributed by atoms with E-state index in [2.05, 4.69) is 10.6 Å². The van der Waals surface area contributed by atoms with Crippen molar-refractivity contribution in [2.75, 3.05) is 19.7 Å². The summed E-state index contributed by atoms with van der Waals surface area (Å²) in [6.45, 7) is 2.11. The van der Waals surface area contributed by atoms with Crippen molar-refractivity contribution in [2.24, 2.45) is 0 Å². The number of hydrogen-bond donors (Lipinski definition) is 2. The second kappa shape index (κ2) is 8.73. The van der Waals surface area contributed by atoms with E-state index in [9.17, 15) is 4.79 Å². The molecule has 0 spiro atoms. The topological polar surface area (TPSA) is 50.4 Å². The van der Waals surface area contributed by atoms with Gasteiger partial charge in [0.1, 0.15) is 0 Å². The van der Waals surface area contributed by atoms with Gasteiger partial charge in [-0.3, -0.25) is 4.79 Å². The Morgan fingerprint density at radius 2 is 1.89 bits per heavy atom. The number of carbonyl (C=O) groups excluding carboxylic acids is 1. The molecule has 1 saturated carbocycles. The second-order valence-corrected chi connectivity index (χ2v) is 5.17. The molecule has 106 valence electrons. The number of ether oxygens (including phenoxy) is 1. The van der Waals surface area contributed by atoms with Gasteiger partial charge in [0, 0.05) is 19.2 Å². The molecule has 2 rings (SSSR count). The number of rotatable bonds is 5. The maximum Gasteiger partial charge on any atom is 0.234 e. The fourth-order valence-corrected chi connectivity index (χ4v) is 2.68. The molecule has 5 heteroatoms. The quantitative estimate of drug-likeness (QED) is 0.802. The highest BCUT2D eigenvalue weighted by Gasteiger charge is 2.17. The molecule has 0 bridgehead atoms. The van der Waals surface area contributed by atoms with Crippen LogP contribution in [0.5, 0.6) is 0 Å². The van der Waals surface area contributed by atoms with Crippen LogP contribution in [0.2, 0.25) is 0 Å². The van der Waals surface area contributed by atoms with Gasteiger partial charge in [-0.2, -0.15) is 0 Å². The summed E-state index contributed by atoms with van der Waals surface area (Å²) < 4.78 is 5.49. The Labute approximate surface area is 116 Å². The van der Waals surface area contributed by atoms with Gasteiger partial charge in [0.15, 0.2) is 0 Å². The van der Waals surface area contributed by atoms with Crippen molar-refractivity contribution in [3.63, 3.8) is 0 Å². The van der Waals surface area contributed by atoms with E-state index in [4.69, 9.17) is 4.74 Å². The van der Waals surface area contributed by atoms with Gasteiger partial charge in [0.2, 0.25) is 5.91 Å². The van der Waals surface area contributed by atoms with E-state index in [-0.39, 0.29) is 18.3 Å². The highest BCUT2D eigenvalue weighted by Crippen LogP contribution is 2.17. The minimum Gasteiger partial charge on any atom is -0.377 e. The molecule has 1 saturated heterocycles. The average Bonchev–Trinajstić information content (AvgIpc) is 2.83. The summed E-state index contributed by atoms with van der Waals surface area (Å²) in [6.07, 6.45) is 8.73. The van der Waals surface area contributed by atoms with E-state index in [1.807, 2.05) is 0 Å². The monoisotopic (exact) mass is 276 g/mol. The van der Waals surface area contributed by atoms with Gasteiger partial charge in [-0.1, -0.05) is 19.3 Å². The van der Waals surface area contributed by atoms with E-state index in [1.165, 1.54) is 19.3 Å². The van der Waals surface area contributed by atoms with Crippen LogP contribution in [-0.4, -0.2) is 37.7 Å². The summed E-state index contributed by atoms with van der Waals surface area (Å²) in [5.41, 5.74) is 0. The molecule has 1 aliphatic heterocycles. The maximum absolute atomic E-state index is 11.7. The maximum atomic E-state index is 11.7. The molecule has 0 aromatic heterocycles. The molecule has 1 unspecified atom stereocenters. The molecule has 1 atom stereocenters. The third-order valence-electron chi connectivity index (χ3n) is 3.65. The SMILES string of the molecule is Cl.O=C(CNCC1CCCO1)NC1CCCCC1. The van der Waals surface area contributed by atoms with Crippen molar-refractivity contribution >= 4 is 18.3 Å². The normalized spacial score (nSPS) is 24.6. The number of nitrogens with one attached hydrogen (secondary N) is 2. The third-order valence-corrected chi connectivity index (χ3v) is 3.65. The molecule has 1 amide bonds. The zero-order chi connectivity index (χ0) is 11.9. The summed E-state index contributed by atoms with van der Waals surface area (Å²) in [5, 5.41) is 6.28. The molecular weight excluding hydrogens is 252 g/mol. The molecular formula is C13H25ClN2O2. The Balaban J connectivity index is 0.00000162. The van der Waals surface area contributed by atoms with Gasteiger partial charge < -0.3 is 15.4 Å². The van der Waals surface area contributed by atoms with Crippen LogP contribution in [0.15, 0.2) is 0 Å². The van der Waals surface area contributed by atoms with E-state index in [0.717, 1.165) is 38.8 Å². The van der Waals surface area contributed by atoms with Gasteiger partial charge >= 0.3 is 0 Å². The lowest BCUT2D eigenvalue weighted by atomic mass is 9.95. The van der Waals surface area contributed by atoms with Gasteiger partial charge in [0.05, 0.1) is 12.6 Å². The number of hydrogen-bond acceptors (Lipinski definition) is 3. The largest absolute Gasteiger partial charge is 0.377 e. The molecule has 4 nitrogen and oxygen atoms in total. The van der Waals surface area contributed by atoms with Crippen molar-refractivity contribution in [1.82, 2.24) is 10.6 Å². The smallest absolute Gasteiger partial charge is 0.234 e. The van der Waals surface area contributed by atoms with Crippen molar-refractivity contribution in [3.8, 4) is 0 Å². The summed E-state index contributed by atoms with van der Waals surface area (Å²) in [5.74, 6) is 0.134. The van der Waals surface area contributed by atoms with E-state index >= 15 is 0 Å². The van der Waals surface area contributed by atoms with Crippen LogP contribution < -0.4 is 10.6 Å². The van der Waals surface area contributed by atoms with Crippen LogP contribution in [0, 0.1) is 0 Å². The first-order valence-electron chi connectivity index (χ1n) is 6.96. The summed E-state index contributed by atoms with van der Waals surface area (Å²) in [4.78, 5) is 11.7. The van der Waals surface area contributed by atoms with Crippen LogP contribution in [0.25, 0.3) is 0 Å². The highest BCUT2D eigenvalue weighted by atomic mass is 35.5. The zero-order valence-electron chi connectivity index (χ0n) is 11.0. The van der Waals surface area contributed by atoms with Gasteiger partial charge in [-0.05, 0) is 25.7 Å². The van der Waals surface area contributed by atoms with E-state index in [0.29, 0.717) is 18.7 Å². The van der Waals surface area contributed by atoms with Crippen molar-refractivity contribution in [2.45, 2.75) is 57.1 Å². The van der Waals surface area contributed by atoms with Crippen molar-refractivity contribution in [1.29, 1.82) is 0 Å². The molecule has 1 heterocycles. The molecule has 2 fully saturated rings. The number of halogens is 1. The fraction of sp³-hybridized carbons (Fsp3) is 0.923. The van der Waals surface area contributed by atoms with Crippen LogP contribution in [0.4, 0.5) is 0 Å². The number of carbonyl (C=O) groups is 1. The van der Waals surface area contributed by atoms with Crippen LogP contribution >= 0.6 is 12.4 Å². The Morgan fingerprint density at radius 3 is 2.56 bits per heavy atom. The molecule has 0 aromatic rings. The first-order valence-corrected chi connectivity index (χ1v) is 6.96. The van der Waals surface area contributed by atoms with Gasteiger partial charge in [-0.25, -0.2) is 0 Å². The van der Waals surface area contributed by atoms with E-state index in [1.54, 1.807) is 0 Å². The zero-order valence-corrected chi connectivity index (χ0v) is 11.8. The lowest BCUT2D eigenvalue weighted by molar-refractivity contribution is -0.121. The average molecular weight is 277 g/mol. The standard InChI is InChI=1S/C13H24N2O2.ClH/c16-13(15-11-5-2-1-3-6-11)10-14-9-12-7-4-8-17-12;/h11-12,14H,1-10H2,(H,15,16);1H. The van der Waals surface area contributed by atoms with Crippen molar-refractivity contribution in [3.05, 3.63) is 0 Å². The minimum absolute atomic E-state index is 0. The Hall–Kier alpha value is -0.320. The molecule has 2 N–H and O–H groups in total. The fourth-order valence-electron chi connectivity index (χ4n) is 2.68. The molecule has 2 aliphatic rings. The lowest BCUT2D eigenvalue weighted by Gasteiger charge is -2.23. The third kappa shape index (κ3) is 5.55. The first-order chi connectivity index (χ1) is 8.34. The Morgan fingerprint density at radius 1 is 1.11 bits per heavy atom. The molecule has 0 radical (unpaired) electrons. The predicted molar refractivity (Wildman–Crippen MR) is 74.1 cm³/mol. The predicted octanol–water partition coefficient (Wildman–Crippen LogP) is 1.63. The summed E-state index contributed by atoms with van der Waals surface area (Å²) >= 11 is 0. The minimum atomic E-state index is 0. The Bertz CT molecular complexity index is 239. The number of amides is 1. The second-order valence-electron chi connectivity index (χ2n) is 5.17. The van der Waals surface area contributed by atoms with Gasteiger partial charge in [-0.15, -0.1) is 12.4 Å². The van der Waals surface area contributed by atoms with E-state index < -0.39 is 0 Å². The Kier molecular flexibility index (Phi) is 7.63. The molecule has 18 heavy (non-hydrogen) atoms. The van der Waals surface area contributed by atoms with Crippen LogP contribution in [0.3, 0.4) is 0 Å². The van der Waals surface area contributed by atoms with Crippen LogP contribution in [-0.2, 0) is 9.53 Å². The molecule has 0 aromatic carbocycles. The van der Waals surface area contributed by atoms with Gasteiger partial charge in [0.25, 0.3) is 0 Å². The summed E-state index contributed by atoms with van der Waals surface area (Å²) in [6, 6.07) is 0.417. The first kappa shape index (κ1) is 15.7. The van der Waals surface area contributed by atoms with Crippen LogP contribution in [0.1, 0.15) is 44.9 Å². The summed E-state index contributed by atoms with van der Waals surface area (Å²) in [7, 11) is 0.